The number of benzene rings is 1. The molecule has 0 aliphatic carbocycles. The molecule has 3 rings (SSSR count). The number of methoxy groups -OCH3 is 1. The Morgan fingerprint density at radius 1 is 1.05 bits per heavy atom. The van der Waals surface area contributed by atoms with Crippen LogP contribution in [-0.2, 0) is 0 Å². The van der Waals surface area contributed by atoms with Crippen LogP contribution in [0.1, 0.15) is 0 Å². The Kier molecular flexibility index (Phi) is 3.84. The fourth-order valence-electron chi connectivity index (χ4n) is 1.98. The molecule has 110 valence electrons. The largest absolute Gasteiger partial charge is 0.480 e. The Morgan fingerprint density at radius 2 is 1.82 bits per heavy atom. The fourth-order valence-corrected chi connectivity index (χ4v) is 2.11. The third-order valence-corrected chi connectivity index (χ3v) is 3.30. The van der Waals surface area contributed by atoms with Gasteiger partial charge in [-0.3, -0.25) is 0 Å². The van der Waals surface area contributed by atoms with Crippen LogP contribution in [0.5, 0.6) is 5.88 Å². The predicted molar refractivity (Wildman–Crippen MR) is 84.5 cm³/mol. The normalized spacial score (nSPS) is 10.5. The molecule has 0 bridgehead atoms. The minimum absolute atomic E-state index is 0.190. The highest BCUT2D eigenvalue weighted by Crippen LogP contribution is 2.30. The molecule has 22 heavy (non-hydrogen) atoms. The molecule has 6 nitrogen and oxygen atoms in total. The van der Waals surface area contributed by atoms with E-state index in [4.69, 9.17) is 22.1 Å². The summed E-state index contributed by atoms with van der Waals surface area (Å²) in [6.45, 7) is 0. The Hall–Kier alpha value is -2.73. The average Bonchev–Trinajstić information content (AvgIpc) is 2.56. The highest BCUT2D eigenvalue weighted by atomic mass is 35.5. The molecule has 0 saturated carbocycles. The van der Waals surface area contributed by atoms with Crippen LogP contribution in [0.2, 0.25) is 5.02 Å². The summed E-state index contributed by atoms with van der Waals surface area (Å²) in [5.74, 6) is 0.628. The van der Waals surface area contributed by atoms with Crippen molar-refractivity contribution in [2.75, 3.05) is 12.8 Å². The number of rotatable bonds is 3. The Labute approximate surface area is 132 Å². The molecule has 0 atom stereocenters. The first kappa shape index (κ1) is 14.2. The van der Waals surface area contributed by atoms with E-state index in [1.807, 2.05) is 12.1 Å². The molecule has 0 aliphatic heterocycles. The Morgan fingerprint density at radius 3 is 2.45 bits per heavy atom. The number of halogens is 1. The molecule has 0 saturated heterocycles. The first-order valence-electron chi connectivity index (χ1n) is 6.44. The van der Waals surface area contributed by atoms with Gasteiger partial charge in [-0.25, -0.2) is 9.97 Å². The van der Waals surface area contributed by atoms with Crippen molar-refractivity contribution in [1.29, 1.82) is 0 Å². The van der Waals surface area contributed by atoms with Crippen LogP contribution >= 0.6 is 11.6 Å². The molecule has 0 amide bonds. The molecule has 0 fully saturated rings. The number of anilines is 1. The quantitative estimate of drug-likeness (QED) is 0.800. The van der Waals surface area contributed by atoms with Crippen molar-refractivity contribution in [2.24, 2.45) is 0 Å². The van der Waals surface area contributed by atoms with Crippen LogP contribution in [0.25, 0.3) is 22.5 Å². The lowest BCUT2D eigenvalue weighted by molar-refractivity contribution is 0.392. The highest BCUT2D eigenvalue weighted by Gasteiger charge is 2.12. The molecule has 0 aliphatic rings. The lowest BCUT2D eigenvalue weighted by Crippen LogP contribution is -2.00. The van der Waals surface area contributed by atoms with Crippen molar-refractivity contribution >= 4 is 17.5 Å². The Balaban J connectivity index is 2.12. The summed E-state index contributed by atoms with van der Waals surface area (Å²) in [7, 11) is 1.54. The van der Waals surface area contributed by atoms with E-state index in [1.165, 1.54) is 7.11 Å². The molecule has 7 heteroatoms. The van der Waals surface area contributed by atoms with Gasteiger partial charge < -0.3 is 10.5 Å². The number of hydrogen-bond acceptors (Lipinski definition) is 6. The number of hydrogen-bond donors (Lipinski definition) is 1. The molecule has 2 aromatic heterocycles. The van der Waals surface area contributed by atoms with Gasteiger partial charge in [-0.1, -0.05) is 23.7 Å². The van der Waals surface area contributed by atoms with E-state index in [1.54, 1.807) is 30.5 Å². The average molecular weight is 314 g/mol. The maximum atomic E-state index is 5.93. The second-order valence-corrected chi connectivity index (χ2v) is 4.89. The van der Waals surface area contributed by atoms with Gasteiger partial charge in [-0.05, 0) is 18.2 Å². The molecule has 2 heterocycles. The summed E-state index contributed by atoms with van der Waals surface area (Å²) in [4.78, 5) is 8.36. The summed E-state index contributed by atoms with van der Waals surface area (Å²) < 4.78 is 5.01. The number of ether oxygens (including phenoxy) is 1. The van der Waals surface area contributed by atoms with Crippen LogP contribution in [-0.4, -0.2) is 27.3 Å². The van der Waals surface area contributed by atoms with Crippen molar-refractivity contribution in [2.45, 2.75) is 0 Å². The third-order valence-electron chi connectivity index (χ3n) is 3.05. The van der Waals surface area contributed by atoms with Crippen LogP contribution in [0, 0.1) is 0 Å². The van der Waals surface area contributed by atoms with Gasteiger partial charge in [0, 0.05) is 28.4 Å². The first-order chi connectivity index (χ1) is 10.7. The monoisotopic (exact) mass is 313 g/mol. The van der Waals surface area contributed by atoms with E-state index in [9.17, 15) is 0 Å². The van der Waals surface area contributed by atoms with Gasteiger partial charge in [-0.15, -0.1) is 10.2 Å². The number of nitrogens with two attached hydrogens (primary N) is 1. The standard InChI is InChI=1S/C15H12ClN5O/c1-22-13-7-6-12(20-21-13)11-8-18-15(17)19-14(11)9-2-4-10(16)5-3-9/h2-8H,1H3,(H2,17,18,19). The second kappa shape index (κ2) is 5.95. The summed E-state index contributed by atoms with van der Waals surface area (Å²) in [5, 5.41) is 8.75. The van der Waals surface area contributed by atoms with Crippen LogP contribution in [0.15, 0.2) is 42.6 Å². The van der Waals surface area contributed by atoms with Crippen molar-refractivity contribution in [1.82, 2.24) is 20.2 Å². The zero-order valence-electron chi connectivity index (χ0n) is 11.7. The molecule has 0 spiro atoms. The van der Waals surface area contributed by atoms with Crippen LogP contribution < -0.4 is 10.5 Å². The van der Waals surface area contributed by atoms with E-state index in [0.717, 1.165) is 11.1 Å². The fraction of sp³-hybridized carbons (Fsp3) is 0.0667. The van der Waals surface area contributed by atoms with Gasteiger partial charge in [0.1, 0.15) is 0 Å². The van der Waals surface area contributed by atoms with E-state index >= 15 is 0 Å². The van der Waals surface area contributed by atoms with E-state index in [0.29, 0.717) is 22.3 Å². The highest BCUT2D eigenvalue weighted by molar-refractivity contribution is 6.30. The van der Waals surface area contributed by atoms with E-state index in [2.05, 4.69) is 20.2 Å². The van der Waals surface area contributed by atoms with Crippen LogP contribution in [0.3, 0.4) is 0 Å². The predicted octanol–water partition coefficient (Wildman–Crippen LogP) is 2.84. The maximum Gasteiger partial charge on any atom is 0.233 e. The van der Waals surface area contributed by atoms with Gasteiger partial charge >= 0.3 is 0 Å². The van der Waals surface area contributed by atoms with Crippen molar-refractivity contribution in [3.8, 4) is 28.4 Å². The molecule has 2 N–H and O–H groups in total. The smallest absolute Gasteiger partial charge is 0.233 e. The van der Waals surface area contributed by atoms with Gasteiger partial charge in [0.25, 0.3) is 0 Å². The molecular formula is C15H12ClN5O. The van der Waals surface area contributed by atoms with Gasteiger partial charge in [0.2, 0.25) is 11.8 Å². The molecule has 0 radical (unpaired) electrons. The van der Waals surface area contributed by atoms with E-state index in [-0.39, 0.29) is 5.95 Å². The number of aromatic nitrogens is 4. The van der Waals surface area contributed by atoms with Crippen LogP contribution in [0.4, 0.5) is 5.95 Å². The minimum Gasteiger partial charge on any atom is -0.480 e. The molecule has 1 aromatic carbocycles. The topological polar surface area (TPSA) is 86.8 Å². The summed E-state index contributed by atoms with van der Waals surface area (Å²) >= 11 is 5.93. The van der Waals surface area contributed by atoms with Gasteiger partial charge in [0.05, 0.1) is 18.5 Å². The maximum absolute atomic E-state index is 5.93. The number of nitrogen functional groups attached to an aromatic ring is 1. The molecule has 0 unspecified atom stereocenters. The summed E-state index contributed by atoms with van der Waals surface area (Å²) in [6, 6.07) is 10.8. The van der Waals surface area contributed by atoms with E-state index < -0.39 is 0 Å². The minimum atomic E-state index is 0.190. The summed E-state index contributed by atoms with van der Waals surface area (Å²) in [6.07, 6.45) is 1.63. The first-order valence-corrected chi connectivity index (χ1v) is 6.81. The zero-order valence-corrected chi connectivity index (χ0v) is 12.4. The second-order valence-electron chi connectivity index (χ2n) is 4.46. The van der Waals surface area contributed by atoms with Gasteiger partial charge in [0.15, 0.2) is 0 Å². The van der Waals surface area contributed by atoms with Crippen molar-refractivity contribution < 1.29 is 4.74 Å². The molecule has 3 aromatic rings. The Bertz CT molecular complexity index is 790. The van der Waals surface area contributed by atoms with Crippen molar-refractivity contribution in [3.05, 3.63) is 47.6 Å². The van der Waals surface area contributed by atoms with Crippen molar-refractivity contribution in [3.63, 3.8) is 0 Å². The molecular weight excluding hydrogens is 302 g/mol. The SMILES string of the molecule is COc1ccc(-c2cnc(N)nc2-c2ccc(Cl)cc2)nn1. The third kappa shape index (κ3) is 2.82. The number of nitrogens with zero attached hydrogens (tertiary/aromatic N) is 4. The lowest BCUT2D eigenvalue weighted by Gasteiger charge is -2.09. The van der Waals surface area contributed by atoms with Gasteiger partial charge in [-0.2, -0.15) is 0 Å². The lowest BCUT2D eigenvalue weighted by atomic mass is 10.0. The summed E-state index contributed by atoms with van der Waals surface area (Å²) in [5.41, 5.74) is 8.61. The zero-order chi connectivity index (χ0) is 15.5.